The summed E-state index contributed by atoms with van der Waals surface area (Å²) in [5.41, 5.74) is 0. The number of aryl methyl sites for hydroxylation is 1. The first-order valence-electron chi connectivity index (χ1n) is 5.18. The molecule has 16 heavy (non-hydrogen) atoms. The molecule has 1 aromatic heterocycles. The molecule has 92 valence electrons. The summed E-state index contributed by atoms with van der Waals surface area (Å²) in [4.78, 5) is 1.42. The van der Waals surface area contributed by atoms with Gasteiger partial charge in [-0.05, 0) is 25.0 Å². The van der Waals surface area contributed by atoms with Crippen LogP contribution in [0, 0.1) is 0 Å². The highest BCUT2D eigenvalue weighted by Gasteiger charge is 2.15. The molecule has 0 bridgehead atoms. The van der Waals surface area contributed by atoms with Crippen LogP contribution in [0.1, 0.15) is 25.1 Å². The van der Waals surface area contributed by atoms with Gasteiger partial charge in [0.15, 0.2) is 0 Å². The number of alkyl halides is 1. The maximum Gasteiger partial charge on any atom is 0.250 e. The molecule has 0 aliphatic rings. The van der Waals surface area contributed by atoms with Crippen molar-refractivity contribution in [2.45, 2.75) is 35.7 Å². The fraction of sp³-hybridized carbons (Fsp3) is 0.600. The molecule has 0 aliphatic heterocycles. The minimum Gasteiger partial charge on any atom is -0.210 e. The number of halogens is 1. The van der Waals surface area contributed by atoms with Gasteiger partial charge in [-0.25, -0.2) is 13.1 Å². The van der Waals surface area contributed by atoms with Crippen molar-refractivity contribution in [3.63, 3.8) is 0 Å². The first-order valence-corrected chi connectivity index (χ1v) is 8.39. The third-order valence-corrected chi connectivity index (χ3v) is 5.72. The van der Waals surface area contributed by atoms with Crippen molar-refractivity contribution in [1.82, 2.24) is 4.72 Å². The van der Waals surface area contributed by atoms with E-state index in [0.29, 0.717) is 15.6 Å². The van der Waals surface area contributed by atoms with Gasteiger partial charge in [-0.3, -0.25) is 0 Å². The van der Waals surface area contributed by atoms with Crippen LogP contribution in [-0.2, 0) is 16.4 Å². The van der Waals surface area contributed by atoms with Gasteiger partial charge in [0.05, 0.1) is 0 Å². The molecule has 0 radical (unpaired) electrons. The molecule has 6 heteroatoms. The first kappa shape index (κ1) is 14.2. The van der Waals surface area contributed by atoms with Gasteiger partial charge in [-0.1, -0.05) is 29.8 Å². The Kier molecular flexibility index (Phi) is 5.43. The van der Waals surface area contributed by atoms with Crippen molar-refractivity contribution in [3.8, 4) is 0 Å². The molecule has 3 nitrogen and oxygen atoms in total. The zero-order valence-electron chi connectivity index (χ0n) is 9.36. The molecule has 1 aromatic rings. The average Bonchev–Trinajstić information content (AvgIpc) is 2.65. The number of rotatable bonds is 6. The van der Waals surface area contributed by atoms with Crippen LogP contribution < -0.4 is 4.72 Å². The summed E-state index contributed by atoms with van der Waals surface area (Å²) < 4.78 is 26.7. The Balaban J connectivity index is 2.63. The quantitative estimate of drug-likeness (QED) is 0.817. The van der Waals surface area contributed by atoms with Crippen molar-refractivity contribution < 1.29 is 8.42 Å². The zero-order chi connectivity index (χ0) is 12.2. The summed E-state index contributed by atoms with van der Waals surface area (Å²) in [7, 11) is -3.30. The molecule has 1 N–H and O–H groups in total. The van der Waals surface area contributed by atoms with E-state index in [2.05, 4.69) is 20.7 Å². The monoisotopic (exact) mass is 325 g/mol. The largest absolute Gasteiger partial charge is 0.250 e. The molecule has 0 aliphatic carbocycles. The third-order valence-electron chi connectivity index (χ3n) is 2.08. The number of thiophene rings is 1. The molecule has 0 spiro atoms. The summed E-state index contributed by atoms with van der Waals surface area (Å²) in [6, 6.07) is 3.54. The summed E-state index contributed by atoms with van der Waals surface area (Å²) in [5.74, 6) is 0. The van der Waals surface area contributed by atoms with E-state index in [9.17, 15) is 8.42 Å². The van der Waals surface area contributed by atoms with Crippen molar-refractivity contribution in [2.24, 2.45) is 0 Å². The fourth-order valence-electron chi connectivity index (χ4n) is 1.16. The highest BCUT2D eigenvalue weighted by Crippen LogP contribution is 2.21. The van der Waals surface area contributed by atoms with Crippen LogP contribution in [-0.4, -0.2) is 19.8 Å². The van der Waals surface area contributed by atoms with E-state index in [1.807, 2.05) is 19.9 Å². The normalized spacial score (nSPS) is 13.9. The lowest BCUT2D eigenvalue weighted by atomic mass is 10.3. The molecule has 1 heterocycles. The van der Waals surface area contributed by atoms with Crippen LogP contribution in [0.2, 0.25) is 0 Å². The van der Waals surface area contributed by atoms with E-state index in [-0.39, 0.29) is 0 Å². The fourth-order valence-corrected chi connectivity index (χ4v) is 3.77. The van der Waals surface area contributed by atoms with Crippen LogP contribution in [0.5, 0.6) is 0 Å². The van der Waals surface area contributed by atoms with Crippen LogP contribution in [0.4, 0.5) is 0 Å². The SMILES string of the molecule is CCc1ccc(S(=O)(=O)NCCC(C)Br)s1. The van der Waals surface area contributed by atoms with Crippen molar-refractivity contribution in [3.05, 3.63) is 17.0 Å². The van der Waals surface area contributed by atoms with E-state index in [0.717, 1.165) is 17.7 Å². The van der Waals surface area contributed by atoms with Crippen LogP contribution in [0.3, 0.4) is 0 Å². The average molecular weight is 326 g/mol. The molecule has 0 fully saturated rings. The van der Waals surface area contributed by atoms with Gasteiger partial charge in [0.1, 0.15) is 4.21 Å². The van der Waals surface area contributed by atoms with Crippen molar-refractivity contribution in [2.75, 3.05) is 6.54 Å². The molecule has 0 aromatic carbocycles. The lowest BCUT2D eigenvalue weighted by molar-refractivity contribution is 0.581. The van der Waals surface area contributed by atoms with Gasteiger partial charge in [-0.2, -0.15) is 0 Å². The van der Waals surface area contributed by atoms with E-state index in [1.54, 1.807) is 6.07 Å². The summed E-state index contributed by atoms with van der Waals surface area (Å²) in [6.07, 6.45) is 1.66. The number of nitrogens with one attached hydrogen (secondary N) is 1. The Morgan fingerprint density at radius 3 is 2.69 bits per heavy atom. The Morgan fingerprint density at radius 2 is 2.19 bits per heavy atom. The molecule has 1 unspecified atom stereocenters. The molecular weight excluding hydrogens is 310 g/mol. The number of sulfonamides is 1. The predicted molar refractivity (Wildman–Crippen MR) is 71.9 cm³/mol. The minimum absolute atomic E-state index is 0.324. The van der Waals surface area contributed by atoms with Crippen molar-refractivity contribution in [1.29, 1.82) is 0 Å². The van der Waals surface area contributed by atoms with E-state index >= 15 is 0 Å². The van der Waals surface area contributed by atoms with Crippen molar-refractivity contribution >= 4 is 37.3 Å². The number of hydrogen-bond donors (Lipinski definition) is 1. The Labute approximate surface area is 109 Å². The highest BCUT2D eigenvalue weighted by molar-refractivity contribution is 9.09. The topological polar surface area (TPSA) is 46.2 Å². The third kappa shape index (κ3) is 4.16. The molecule has 0 amide bonds. The lowest BCUT2D eigenvalue weighted by Crippen LogP contribution is -2.25. The van der Waals surface area contributed by atoms with Gasteiger partial charge in [0.2, 0.25) is 10.0 Å². The second kappa shape index (κ2) is 6.14. The smallest absolute Gasteiger partial charge is 0.210 e. The highest BCUT2D eigenvalue weighted by atomic mass is 79.9. The van der Waals surface area contributed by atoms with Crippen LogP contribution >= 0.6 is 27.3 Å². The standard InChI is InChI=1S/C10H16BrNO2S2/c1-3-9-4-5-10(15-9)16(13,14)12-7-6-8(2)11/h4-5,8,12H,3,6-7H2,1-2H3. The van der Waals surface area contributed by atoms with Gasteiger partial charge in [-0.15, -0.1) is 11.3 Å². The predicted octanol–water partition coefficient (Wildman–Crippen LogP) is 2.76. The van der Waals surface area contributed by atoms with Crippen LogP contribution in [0.15, 0.2) is 16.3 Å². The van der Waals surface area contributed by atoms with E-state index < -0.39 is 10.0 Å². The summed E-state index contributed by atoms with van der Waals surface area (Å²) in [5, 5.41) is 0. The Morgan fingerprint density at radius 1 is 1.50 bits per heavy atom. The lowest BCUT2D eigenvalue weighted by Gasteiger charge is -2.05. The zero-order valence-corrected chi connectivity index (χ0v) is 12.6. The molecule has 0 saturated heterocycles. The van der Waals surface area contributed by atoms with Gasteiger partial charge < -0.3 is 0 Å². The summed E-state index contributed by atoms with van der Waals surface area (Å²) >= 11 is 4.72. The molecule has 1 atom stereocenters. The Hall–Kier alpha value is 0.0900. The maximum absolute atomic E-state index is 11.8. The van der Waals surface area contributed by atoms with Gasteiger partial charge in [0.25, 0.3) is 0 Å². The minimum atomic E-state index is -3.30. The first-order chi connectivity index (χ1) is 7.45. The van der Waals surface area contributed by atoms with E-state index in [4.69, 9.17) is 0 Å². The van der Waals surface area contributed by atoms with Gasteiger partial charge >= 0.3 is 0 Å². The summed E-state index contributed by atoms with van der Waals surface area (Å²) in [6.45, 7) is 4.48. The second-order valence-corrected chi connectivity index (χ2v) is 8.27. The Bertz CT molecular complexity index is 426. The van der Waals surface area contributed by atoms with Gasteiger partial charge in [0, 0.05) is 16.2 Å². The van der Waals surface area contributed by atoms with Crippen LogP contribution in [0.25, 0.3) is 0 Å². The van der Waals surface area contributed by atoms with E-state index in [1.165, 1.54) is 11.3 Å². The molecular formula is C10H16BrNO2S2. The number of hydrogen-bond acceptors (Lipinski definition) is 3. The second-order valence-electron chi connectivity index (χ2n) is 3.54. The maximum atomic E-state index is 11.8. The molecule has 1 rings (SSSR count). The molecule has 0 saturated carbocycles.